The van der Waals surface area contributed by atoms with Crippen LogP contribution in [-0.2, 0) is 11.3 Å². The Morgan fingerprint density at radius 3 is 3.14 bits per heavy atom. The summed E-state index contributed by atoms with van der Waals surface area (Å²) in [5.74, 6) is -0.196. The minimum Gasteiger partial charge on any atom is -0.465 e. The second-order valence-corrected chi connectivity index (χ2v) is 6.16. The summed E-state index contributed by atoms with van der Waals surface area (Å²) >= 11 is 7.26. The number of fused-ring (bicyclic) bond motifs is 1. The minimum absolute atomic E-state index is 0.185. The number of carbonyl (C=O) groups is 1. The Morgan fingerprint density at radius 1 is 1.57 bits per heavy atom. The number of methoxy groups -OCH3 is 1. The van der Waals surface area contributed by atoms with Crippen molar-refractivity contribution in [3.8, 4) is 0 Å². The number of ether oxygens (including phenoxy) is 1. The number of carbonyl (C=O) groups excluding carboxylic acids is 1. The van der Waals surface area contributed by atoms with Gasteiger partial charge in [-0.05, 0) is 0 Å². The van der Waals surface area contributed by atoms with Gasteiger partial charge >= 0.3 is 5.97 Å². The van der Waals surface area contributed by atoms with E-state index in [-0.39, 0.29) is 11.1 Å². The predicted octanol–water partition coefficient (Wildman–Crippen LogP) is 2.50. The van der Waals surface area contributed by atoms with Crippen molar-refractivity contribution in [3.05, 3.63) is 33.8 Å². The van der Waals surface area contributed by atoms with Crippen molar-refractivity contribution in [3.63, 3.8) is 0 Å². The molecular formula is C13H13ClN4O2S. The van der Waals surface area contributed by atoms with Crippen molar-refractivity contribution in [2.45, 2.75) is 19.4 Å². The highest BCUT2D eigenvalue weighted by Gasteiger charge is 2.27. The van der Waals surface area contributed by atoms with Crippen LogP contribution >= 0.6 is 22.9 Å². The van der Waals surface area contributed by atoms with Crippen molar-refractivity contribution in [2.24, 2.45) is 0 Å². The van der Waals surface area contributed by atoms with E-state index < -0.39 is 5.97 Å². The highest BCUT2D eigenvalue weighted by molar-refractivity contribution is 7.18. The lowest BCUT2D eigenvalue weighted by Gasteiger charge is -2.31. The van der Waals surface area contributed by atoms with Crippen LogP contribution in [0.1, 0.15) is 33.8 Å². The molecule has 0 aromatic carbocycles. The predicted molar refractivity (Wildman–Crippen MR) is 80.0 cm³/mol. The minimum atomic E-state index is -0.461. The molecule has 1 aliphatic rings. The zero-order valence-electron chi connectivity index (χ0n) is 11.5. The Morgan fingerprint density at radius 2 is 2.38 bits per heavy atom. The average Bonchev–Trinajstić information content (AvgIpc) is 2.88. The largest absolute Gasteiger partial charge is 0.465 e. The number of anilines is 1. The number of hydrogen-bond acceptors (Lipinski definition) is 7. The lowest BCUT2D eigenvalue weighted by Crippen LogP contribution is -2.33. The molecule has 2 aromatic rings. The van der Waals surface area contributed by atoms with Crippen LogP contribution in [0, 0.1) is 0 Å². The highest BCUT2D eigenvalue weighted by atomic mass is 35.5. The topological polar surface area (TPSA) is 68.2 Å². The summed E-state index contributed by atoms with van der Waals surface area (Å²) < 4.78 is 4.70. The van der Waals surface area contributed by atoms with Gasteiger partial charge < -0.3 is 9.64 Å². The first-order chi connectivity index (χ1) is 10.1. The van der Waals surface area contributed by atoms with Gasteiger partial charge in [-0.1, -0.05) is 29.9 Å². The van der Waals surface area contributed by atoms with E-state index in [1.54, 1.807) is 6.33 Å². The molecule has 0 saturated carbocycles. The maximum absolute atomic E-state index is 11.6. The summed E-state index contributed by atoms with van der Waals surface area (Å²) in [4.78, 5) is 26.7. The lowest BCUT2D eigenvalue weighted by atomic mass is 9.98. The first-order valence-electron chi connectivity index (χ1n) is 6.38. The van der Waals surface area contributed by atoms with E-state index in [1.807, 2.05) is 6.20 Å². The molecule has 0 bridgehead atoms. The van der Waals surface area contributed by atoms with Gasteiger partial charge in [0.15, 0.2) is 15.2 Å². The molecule has 0 spiro atoms. The SMILES string of the molecule is COC(=O)c1sc(N2Cc3cncnc3C(C)C2)nc1Cl. The van der Waals surface area contributed by atoms with Crippen LogP contribution < -0.4 is 4.90 Å². The van der Waals surface area contributed by atoms with E-state index >= 15 is 0 Å². The summed E-state index contributed by atoms with van der Waals surface area (Å²) in [5.41, 5.74) is 2.14. The van der Waals surface area contributed by atoms with Crippen molar-refractivity contribution in [1.29, 1.82) is 0 Å². The summed E-state index contributed by atoms with van der Waals surface area (Å²) in [6.45, 7) is 3.54. The fourth-order valence-corrected chi connectivity index (χ4v) is 3.62. The van der Waals surface area contributed by atoms with E-state index in [1.165, 1.54) is 18.4 Å². The Hall–Kier alpha value is -1.73. The van der Waals surface area contributed by atoms with Gasteiger partial charge in [0.05, 0.1) is 12.8 Å². The summed E-state index contributed by atoms with van der Waals surface area (Å²) in [7, 11) is 1.33. The molecule has 2 aromatic heterocycles. The fraction of sp³-hybridized carbons (Fsp3) is 0.385. The number of rotatable bonds is 2. The van der Waals surface area contributed by atoms with Crippen molar-refractivity contribution < 1.29 is 9.53 Å². The molecule has 1 unspecified atom stereocenters. The quantitative estimate of drug-likeness (QED) is 0.791. The number of esters is 1. The van der Waals surface area contributed by atoms with Crippen LogP contribution in [0.5, 0.6) is 0 Å². The molecule has 3 rings (SSSR count). The number of hydrogen-bond donors (Lipinski definition) is 0. The van der Waals surface area contributed by atoms with Crippen LogP contribution in [0.2, 0.25) is 5.15 Å². The van der Waals surface area contributed by atoms with E-state index in [9.17, 15) is 4.79 Å². The standard InChI is InChI=1S/C13H13ClN4O2S/c1-7-4-18(5-8-3-15-6-16-9(7)8)13-17-11(14)10(21-13)12(19)20-2/h3,6-7H,4-5H2,1-2H3. The van der Waals surface area contributed by atoms with Crippen molar-refractivity contribution >= 4 is 34.0 Å². The van der Waals surface area contributed by atoms with Crippen LogP contribution in [0.3, 0.4) is 0 Å². The van der Waals surface area contributed by atoms with Gasteiger partial charge in [-0.3, -0.25) is 0 Å². The van der Waals surface area contributed by atoms with Gasteiger partial charge in [0.2, 0.25) is 0 Å². The molecule has 0 amide bonds. The van der Waals surface area contributed by atoms with Crippen LogP contribution in [0.15, 0.2) is 12.5 Å². The smallest absolute Gasteiger partial charge is 0.351 e. The number of halogens is 1. The molecule has 1 aliphatic heterocycles. The molecule has 6 nitrogen and oxygen atoms in total. The molecule has 8 heteroatoms. The second kappa shape index (κ2) is 5.57. The molecule has 3 heterocycles. The molecule has 0 saturated heterocycles. The molecular weight excluding hydrogens is 312 g/mol. The lowest BCUT2D eigenvalue weighted by molar-refractivity contribution is 0.0606. The normalized spacial score (nSPS) is 17.5. The molecule has 110 valence electrons. The van der Waals surface area contributed by atoms with Gasteiger partial charge in [0, 0.05) is 30.8 Å². The third-order valence-corrected chi connectivity index (χ3v) is 4.84. The van der Waals surface area contributed by atoms with E-state index in [2.05, 4.69) is 26.8 Å². The monoisotopic (exact) mass is 324 g/mol. The van der Waals surface area contributed by atoms with Crippen LogP contribution in [-0.4, -0.2) is 34.6 Å². The number of aromatic nitrogens is 3. The maximum Gasteiger partial charge on any atom is 0.351 e. The van der Waals surface area contributed by atoms with Gasteiger partial charge in [-0.15, -0.1) is 0 Å². The molecule has 1 atom stereocenters. The van der Waals surface area contributed by atoms with Crippen molar-refractivity contribution in [2.75, 3.05) is 18.6 Å². The number of thiazole rings is 1. The third-order valence-electron chi connectivity index (χ3n) is 3.36. The Bertz CT molecular complexity index is 691. The van der Waals surface area contributed by atoms with E-state index in [4.69, 9.17) is 16.3 Å². The first-order valence-corrected chi connectivity index (χ1v) is 7.58. The van der Waals surface area contributed by atoms with Gasteiger partial charge in [0.1, 0.15) is 6.33 Å². The van der Waals surface area contributed by atoms with Crippen LogP contribution in [0.4, 0.5) is 5.13 Å². The average molecular weight is 325 g/mol. The Balaban J connectivity index is 1.91. The Labute approximate surface area is 130 Å². The van der Waals surface area contributed by atoms with Gasteiger partial charge in [0.25, 0.3) is 0 Å². The van der Waals surface area contributed by atoms with Gasteiger partial charge in [-0.25, -0.2) is 19.7 Å². The summed E-state index contributed by atoms with van der Waals surface area (Å²) in [6.07, 6.45) is 3.39. The zero-order valence-corrected chi connectivity index (χ0v) is 13.1. The molecule has 0 radical (unpaired) electrons. The maximum atomic E-state index is 11.6. The van der Waals surface area contributed by atoms with E-state index in [0.29, 0.717) is 16.6 Å². The van der Waals surface area contributed by atoms with Crippen molar-refractivity contribution in [1.82, 2.24) is 15.0 Å². The number of nitrogens with zero attached hydrogens (tertiary/aromatic N) is 4. The van der Waals surface area contributed by atoms with Gasteiger partial charge in [-0.2, -0.15) is 0 Å². The molecule has 21 heavy (non-hydrogen) atoms. The summed E-state index contributed by atoms with van der Waals surface area (Å²) in [6, 6.07) is 0. The molecule has 0 fully saturated rings. The van der Waals surface area contributed by atoms with E-state index in [0.717, 1.165) is 17.8 Å². The molecule has 0 N–H and O–H groups in total. The summed E-state index contributed by atoms with van der Waals surface area (Å²) in [5, 5.41) is 0.895. The zero-order chi connectivity index (χ0) is 15.0. The Kier molecular flexibility index (Phi) is 3.77. The first kappa shape index (κ1) is 14.2. The highest BCUT2D eigenvalue weighted by Crippen LogP contribution is 2.35. The van der Waals surface area contributed by atoms with Crippen LogP contribution in [0.25, 0.3) is 0 Å². The molecule has 0 aliphatic carbocycles. The third kappa shape index (κ3) is 2.58. The fourth-order valence-electron chi connectivity index (χ4n) is 2.41. The second-order valence-electron chi connectivity index (χ2n) is 4.82.